The molecular weight excluding hydrogens is 256 g/mol. The summed E-state index contributed by atoms with van der Waals surface area (Å²) in [5, 5.41) is 2.86. The van der Waals surface area contributed by atoms with Gasteiger partial charge in [0.2, 0.25) is 5.91 Å². The van der Waals surface area contributed by atoms with Crippen LogP contribution >= 0.6 is 0 Å². The maximum atomic E-state index is 12.0. The summed E-state index contributed by atoms with van der Waals surface area (Å²) in [5.41, 5.74) is 1.81. The number of ether oxygens (including phenoxy) is 1. The lowest BCUT2D eigenvalue weighted by Gasteiger charge is -2.19. The smallest absolute Gasteiger partial charge is 0.319 e. The molecule has 0 aliphatic heterocycles. The Labute approximate surface area is 119 Å². The van der Waals surface area contributed by atoms with E-state index in [1.54, 1.807) is 4.90 Å². The predicted octanol–water partition coefficient (Wildman–Crippen LogP) is 1.82. The average molecular weight is 278 g/mol. The fourth-order valence-electron chi connectivity index (χ4n) is 1.88. The van der Waals surface area contributed by atoms with E-state index in [9.17, 15) is 9.59 Å². The molecule has 5 nitrogen and oxygen atoms in total. The average Bonchev–Trinajstić information content (AvgIpc) is 2.41. The molecule has 110 valence electrons. The van der Waals surface area contributed by atoms with Crippen LogP contribution in [0, 0.1) is 6.92 Å². The first-order valence-electron chi connectivity index (χ1n) is 6.71. The fourth-order valence-corrected chi connectivity index (χ4v) is 1.88. The number of amides is 1. The first-order chi connectivity index (χ1) is 9.56. The SMILES string of the molecule is CCCN(CC(=O)Nc1ccccc1C)CC(=O)OC. The van der Waals surface area contributed by atoms with Gasteiger partial charge >= 0.3 is 5.97 Å². The molecule has 1 N–H and O–H groups in total. The molecule has 0 fully saturated rings. The van der Waals surface area contributed by atoms with Crippen molar-refractivity contribution in [2.24, 2.45) is 0 Å². The number of nitrogens with zero attached hydrogens (tertiary/aromatic N) is 1. The van der Waals surface area contributed by atoms with Crippen molar-refractivity contribution in [2.75, 3.05) is 32.1 Å². The maximum absolute atomic E-state index is 12.0. The highest BCUT2D eigenvalue weighted by Crippen LogP contribution is 2.12. The van der Waals surface area contributed by atoms with Crippen molar-refractivity contribution in [1.82, 2.24) is 4.90 Å². The van der Waals surface area contributed by atoms with Crippen LogP contribution in [0.3, 0.4) is 0 Å². The normalized spacial score (nSPS) is 10.4. The summed E-state index contributed by atoms with van der Waals surface area (Å²) in [6.07, 6.45) is 0.870. The molecule has 0 radical (unpaired) electrons. The van der Waals surface area contributed by atoms with Crippen LogP contribution < -0.4 is 5.32 Å². The molecule has 0 aromatic heterocycles. The van der Waals surface area contributed by atoms with E-state index >= 15 is 0 Å². The molecule has 1 aromatic rings. The molecule has 0 bridgehead atoms. The van der Waals surface area contributed by atoms with Gasteiger partial charge in [-0.05, 0) is 31.5 Å². The summed E-state index contributed by atoms with van der Waals surface area (Å²) in [4.78, 5) is 25.1. The highest BCUT2D eigenvalue weighted by molar-refractivity contribution is 5.93. The third kappa shape index (κ3) is 5.40. The number of carbonyl (C=O) groups is 2. The Balaban J connectivity index is 2.57. The van der Waals surface area contributed by atoms with Crippen molar-refractivity contribution in [3.05, 3.63) is 29.8 Å². The van der Waals surface area contributed by atoms with Crippen molar-refractivity contribution in [3.63, 3.8) is 0 Å². The number of rotatable bonds is 7. The molecule has 0 saturated carbocycles. The van der Waals surface area contributed by atoms with Crippen molar-refractivity contribution in [3.8, 4) is 0 Å². The number of esters is 1. The molecule has 0 unspecified atom stereocenters. The first kappa shape index (κ1) is 16.2. The van der Waals surface area contributed by atoms with Crippen LogP contribution in [0.15, 0.2) is 24.3 Å². The molecule has 5 heteroatoms. The Bertz CT molecular complexity index is 460. The van der Waals surface area contributed by atoms with Gasteiger partial charge < -0.3 is 10.1 Å². The Morgan fingerprint density at radius 1 is 1.25 bits per heavy atom. The number of aryl methyl sites for hydroxylation is 1. The molecule has 0 heterocycles. The van der Waals surface area contributed by atoms with Gasteiger partial charge in [-0.25, -0.2) is 0 Å². The molecule has 0 aliphatic rings. The molecule has 0 spiro atoms. The lowest BCUT2D eigenvalue weighted by Crippen LogP contribution is -2.37. The minimum absolute atomic E-state index is 0.128. The van der Waals surface area contributed by atoms with E-state index in [-0.39, 0.29) is 25.0 Å². The van der Waals surface area contributed by atoms with Gasteiger partial charge in [-0.2, -0.15) is 0 Å². The van der Waals surface area contributed by atoms with Gasteiger partial charge in [-0.3, -0.25) is 14.5 Å². The Morgan fingerprint density at radius 2 is 1.95 bits per heavy atom. The zero-order chi connectivity index (χ0) is 15.0. The second kappa shape index (κ2) is 8.32. The van der Waals surface area contributed by atoms with Crippen molar-refractivity contribution in [2.45, 2.75) is 20.3 Å². The summed E-state index contributed by atoms with van der Waals surface area (Å²) in [6, 6.07) is 7.60. The van der Waals surface area contributed by atoms with Crippen molar-refractivity contribution in [1.29, 1.82) is 0 Å². The van der Waals surface area contributed by atoms with E-state index in [0.717, 1.165) is 17.7 Å². The lowest BCUT2D eigenvalue weighted by atomic mass is 10.2. The summed E-state index contributed by atoms with van der Waals surface area (Å²) < 4.78 is 4.63. The summed E-state index contributed by atoms with van der Waals surface area (Å²) in [6.45, 7) is 4.93. The van der Waals surface area contributed by atoms with Gasteiger partial charge in [0.1, 0.15) is 0 Å². The third-order valence-electron chi connectivity index (χ3n) is 2.91. The van der Waals surface area contributed by atoms with E-state index in [2.05, 4.69) is 10.1 Å². The quantitative estimate of drug-likeness (QED) is 0.773. The standard InChI is InChI=1S/C15H22N2O3/c1-4-9-17(11-15(19)20-3)10-14(18)16-13-8-6-5-7-12(13)2/h5-8H,4,9-11H2,1-3H3,(H,16,18). The summed E-state index contributed by atoms with van der Waals surface area (Å²) >= 11 is 0. The molecule has 20 heavy (non-hydrogen) atoms. The monoisotopic (exact) mass is 278 g/mol. The molecule has 0 atom stereocenters. The van der Waals surface area contributed by atoms with Crippen LogP contribution in [-0.2, 0) is 14.3 Å². The second-order valence-electron chi connectivity index (χ2n) is 4.65. The highest BCUT2D eigenvalue weighted by Gasteiger charge is 2.14. The second-order valence-corrected chi connectivity index (χ2v) is 4.65. The van der Waals surface area contributed by atoms with Crippen LogP contribution in [0.1, 0.15) is 18.9 Å². The largest absolute Gasteiger partial charge is 0.468 e. The van der Waals surface area contributed by atoms with E-state index in [1.807, 2.05) is 38.1 Å². The number of hydrogen-bond donors (Lipinski definition) is 1. The Kier molecular flexibility index (Phi) is 6.73. The molecule has 1 aromatic carbocycles. The zero-order valence-corrected chi connectivity index (χ0v) is 12.3. The maximum Gasteiger partial charge on any atom is 0.319 e. The zero-order valence-electron chi connectivity index (χ0n) is 12.3. The number of nitrogens with one attached hydrogen (secondary N) is 1. The topological polar surface area (TPSA) is 58.6 Å². The number of methoxy groups -OCH3 is 1. The Morgan fingerprint density at radius 3 is 2.55 bits per heavy atom. The molecule has 1 rings (SSSR count). The molecule has 1 amide bonds. The van der Waals surface area contributed by atoms with Crippen LogP contribution in [0.25, 0.3) is 0 Å². The van der Waals surface area contributed by atoms with E-state index in [0.29, 0.717) is 6.54 Å². The van der Waals surface area contributed by atoms with Crippen LogP contribution in [0.2, 0.25) is 0 Å². The minimum atomic E-state index is -0.331. The minimum Gasteiger partial charge on any atom is -0.468 e. The number of para-hydroxylation sites is 1. The summed E-state index contributed by atoms with van der Waals surface area (Å²) in [5.74, 6) is -0.459. The molecule has 0 aliphatic carbocycles. The molecule has 0 saturated heterocycles. The van der Waals surface area contributed by atoms with Crippen LogP contribution in [0.4, 0.5) is 5.69 Å². The van der Waals surface area contributed by atoms with E-state index in [4.69, 9.17) is 0 Å². The third-order valence-corrected chi connectivity index (χ3v) is 2.91. The first-order valence-corrected chi connectivity index (χ1v) is 6.71. The highest BCUT2D eigenvalue weighted by atomic mass is 16.5. The number of hydrogen-bond acceptors (Lipinski definition) is 4. The van der Waals surface area contributed by atoms with Gasteiger partial charge in [0.05, 0.1) is 20.2 Å². The van der Waals surface area contributed by atoms with Gasteiger partial charge in [-0.1, -0.05) is 25.1 Å². The van der Waals surface area contributed by atoms with Crippen LogP contribution in [0.5, 0.6) is 0 Å². The lowest BCUT2D eigenvalue weighted by molar-refractivity contribution is -0.142. The Hall–Kier alpha value is -1.88. The van der Waals surface area contributed by atoms with Gasteiger partial charge in [-0.15, -0.1) is 0 Å². The van der Waals surface area contributed by atoms with Gasteiger partial charge in [0.25, 0.3) is 0 Å². The van der Waals surface area contributed by atoms with Gasteiger partial charge in [0, 0.05) is 5.69 Å². The van der Waals surface area contributed by atoms with E-state index in [1.165, 1.54) is 7.11 Å². The van der Waals surface area contributed by atoms with Gasteiger partial charge in [0.15, 0.2) is 0 Å². The fraction of sp³-hybridized carbons (Fsp3) is 0.467. The predicted molar refractivity (Wildman–Crippen MR) is 78.6 cm³/mol. The number of benzene rings is 1. The van der Waals surface area contributed by atoms with Crippen molar-refractivity contribution < 1.29 is 14.3 Å². The number of carbonyl (C=O) groups excluding carboxylic acids is 2. The van der Waals surface area contributed by atoms with Crippen molar-refractivity contribution >= 4 is 17.6 Å². The molecular formula is C15H22N2O3. The number of anilines is 1. The van der Waals surface area contributed by atoms with E-state index < -0.39 is 0 Å². The van der Waals surface area contributed by atoms with Crippen LogP contribution in [-0.4, -0.2) is 43.5 Å². The summed E-state index contributed by atoms with van der Waals surface area (Å²) in [7, 11) is 1.35.